The van der Waals surface area contributed by atoms with E-state index in [2.05, 4.69) is 5.32 Å². The molecule has 0 aliphatic rings. The maximum absolute atomic E-state index is 14.7. The smallest absolute Gasteiger partial charge is 0.347 e. The number of hydrogen-bond donors (Lipinski definition) is 2. The highest BCUT2D eigenvalue weighted by atomic mass is 35.5. The zero-order chi connectivity index (χ0) is 28.0. The molecule has 0 saturated heterocycles. The molecule has 3 aromatic carbocycles. The van der Waals surface area contributed by atoms with Crippen LogP contribution in [0.25, 0.3) is 6.08 Å². The Bertz CT molecular complexity index is 1330. The Kier molecular flexibility index (Phi) is 9.66. The molecule has 0 radical (unpaired) electrons. The Morgan fingerprint density at radius 1 is 1.05 bits per heavy atom. The van der Waals surface area contributed by atoms with E-state index in [1.54, 1.807) is 67.6 Å². The fourth-order valence-electron chi connectivity index (χ4n) is 3.56. The number of aliphatic carboxylic acids is 1. The van der Waals surface area contributed by atoms with E-state index in [0.717, 1.165) is 5.56 Å². The SMILES string of the molecule is CC(c1c(F)cccc1Cl)N(C/C=C/c1ccc(OC(C)(C)C(=O)O)cc1)C(=O)Nc1cccc(Cl)c1Cl. The van der Waals surface area contributed by atoms with Crippen molar-refractivity contribution < 1.29 is 23.8 Å². The van der Waals surface area contributed by atoms with E-state index in [0.29, 0.717) is 11.4 Å². The first-order valence-corrected chi connectivity index (χ1v) is 12.7. The number of nitrogens with one attached hydrogen (secondary N) is 1. The lowest BCUT2D eigenvalue weighted by Gasteiger charge is -2.30. The third-order valence-electron chi connectivity index (χ3n) is 5.72. The Balaban J connectivity index is 1.83. The second kappa shape index (κ2) is 12.5. The molecule has 10 heteroatoms. The van der Waals surface area contributed by atoms with Crippen molar-refractivity contribution in [3.63, 3.8) is 0 Å². The van der Waals surface area contributed by atoms with E-state index >= 15 is 0 Å². The molecule has 2 N–H and O–H groups in total. The van der Waals surface area contributed by atoms with E-state index in [4.69, 9.17) is 39.5 Å². The summed E-state index contributed by atoms with van der Waals surface area (Å²) >= 11 is 18.6. The molecule has 2 amide bonds. The predicted molar refractivity (Wildman–Crippen MR) is 150 cm³/mol. The van der Waals surface area contributed by atoms with Crippen molar-refractivity contribution in [3.8, 4) is 5.75 Å². The van der Waals surface area contributed by atoms with Gasteiger partial charge in [-0.05, 0) is 62.7 Å². The summed E-state index contributed by atoms with van der Waals surface area (Å²) in [4.78, 5) is 26.0. The van der Waals surface area contributed by atoms with Gasteiger partial charge in [0.1, 0.15) is 11.6 Å². The maximum atomic E-state index is 14.7. The van der Waals surface area contributed by atoms with Crippen LogP contribution in [0.1, 0.15) is 37.9 Å². The van der Waals surface area contributed by atoms with Gasteiger partial charge in [-0.3, -0.25) is 0 Å². The number of carbonyl (C=O) groups excluding carboxylic acids is 1. The molecular weight excluding hydrogens is 554 g/mol. The van der Waals surface area contributed by atoms with Crippen molar-refractivity contribution >= 4 is 58.6 Å². The van der Waals surface area contributed by atoms with Crippen LogP contribution in [0.2, 0.25) is 15.1 Å². The van der Waals surface area contributed by atoms with E-state index in [1.807, 2.05) is 0 Å². The molecule has 3 rings (SSSR count). The number of ether oxygens (including phenoxy) is 1. The number of rotatable bonds is 9. The van der Waals surface area contributed by atoms with Gasteiger partial charge in [0.15, 0.2) is 5.60 Å². The first-order valence-electron chi connectivity index (χ1n) is 11.5. The summed E-state index contributed by atoms with van der Waals surface area (Å²) in [6.45, 7) is 4.69. The molecule has 0 saturated carbocycles. The molecule has 3 aromatic rings. The molecule has 1 unspecified atom stereocenters. The predicted octanol–water partition coefficient (Wildman–Crippen LogP) is 8.34. The zero-order valence-electron chi connectivity index (χ0n) is 20.8. The minimum absolute atomic E-state index is 0.0974. The molecule has 0 aliphatic carbocycles. The number of carbonyl (C=O) groups is 2. The third-order valence-corrected chi connectivity index (χ3v) is 6.87. The van der Waals surface area contributed by atoms with Gasteiger partial charge in [0, 0.05) is 17.1 Å². The summed E-state index contributed by atoms with van der Waals surface area (Å²) in [5.41, 5.74) is -0.107. The van der Waals surface area contributed by atoms with Gasteiger partial charge in [0.25, 0.3) is 0 Å². The normalized spacial score (nSPS) is 12.3. The summed E-state index contributed by atoms with van der Waals surface area (Å²) in [6, 6.07) is 14.7. The maximum Gasteiger partial charge on any atom is 0.347 e. The Morgan fingerprint density at radius 3 is 2.32 bits per heavy atom. The minimum Gasteiger partial charge on any atom is -0.478 e. The van der Waals surface area contributed by atoms with Crippen LogP contribution in [0.3, 0.4) is 0 Å². The molecule has 0 fully saturated rings. The first kappa shape index (κ1) is 29.3. The lowest BCUT2D eigenvalue weighted by atomic mass is 10.1. The fourth-order valence-corrected chi connectivity index (χ4v) is 4.23. The molecular formula is C28H26Cl3FN2O4. The van der Waals surface area contributed by atoms with Gasteiger partial charge in [0.05, 0.1) is 21.8 Å². The number of carboxylic acid groups (broad SMARTS) is 1. The standard InChI is InChI=1S/C28H26Cl3FN2O4/c1-17(24-20(29)8-4-10-22(24)32)34(27(37)33-23-11-5-9-21(30)25(23)31)16-6-7-18-12-14-19(15-13-18)38-28(2,3)26(35)36/h4-15,17H,16H2,1-3H3,(H,33,37)(H,35,36)/b7-6+. The topological polar surface area (TPSA) is 78.9 Å². The molecule has 6 nitrogen and oxygen atoms in total. The Hall–Kier alpha value is -3.26. The third kappa shape index (κ3) is 7.19. The number of carboxylic acids is 1. The summed E-state index contributed by atoms with van der Waals surface area (Å²) in [5, 5.41) is 12.6. The molecule has 200 valence electrons. The van der Waals surface area contributed by atoms with Crippen molar-refractivity contribution in [3.05, 3.63) is 98.8 Å². The average Bonchev–Trinajstić information content (AvgIpc) is 2.85. The number of anilines is 1. The van der Waals surface area contributed by atoms with Crippen LogP contribution in [0.5, 0.6) is 5.75 Å². The van der Waals surface area contributed by atoms with Gasteiger partial charge in [-0.2, -0.15) is 0 Å². The quantitative estimate of drug-likeness (QED) is 0.267. The monoisotopic (exact) mass is 578 g/mol. The van der Waals surface area contributed by atoms with Crippen LogP contribution < -0.4 is 10.1 Å². The highest BCUT2D eigenvalue weighted by molar-refractivity contribution is 6.44. The summed E-state index contributed by atoms with van der Waals surface area (Å²) in [5.74, 6) is -1.22. The van der Waals surface area contributed by atoms with Crippen LogP contribution in [-0.4, -0.2) is 34.2 Å². The number of benzene rings is 3. The van der Waals surface area contributed by atoms with Crippen molar-refractivity contribution in [1.82, 2.24) is 4.90 Å². The lowest BCUT2D eigenvalue weighted by Crippen LogP contribution is -2.37. The molecule has 0 aliphatic heterocycles. The second-order valence-electron chi connectivity index (χ2n) is 8.88. The number of nitrogens with zero attached hydrogens (tertiary/aromatic N) is 1. The molecule has 0 bridgehead atoms. The highest BCUT2D eigenvalue weighted by Crippen LogP contribution is 2.33. The van der Waals surface area contributed by atoms with E-state index in [1.165, 1.54) is 30.9 Å². The van der Waals surface area contributed by atoms with Crippen LogP contribution in [0.4, 0.5) is 14.9 Å². The second-order valence-corrected chi connectivity index (χ2v) is 10.1. The molecule has 1 atom stereocenters. The lowest BCUT2D eigenvalue weighted by molar-refractivity contribution is -0.152. The van der Waals surface area contributed by atoms with E-state index in [9.17, 15) is 19.1 Å². The molecule has 0 heterocycles. The summed E-state index contributed by atoms with van der Waals surface area (Å²) in [7, 11) is 0. The van der Waals surface area contributed by atoms with E-state index < -0.39 is 29.5 Å². The Labute approximate surface area is 235 Å². The van der Waals surface area contributed by atoms with Gasteiger partial charge in [-0.15, -0.1) is 0 Å². The zero-order valence-corrected chi connectivity index (χ0v) is 23.1. The van der Waals surface area contributed by atoms with E-state index in [-0.39, 0.29) is 27.2 Å². The number of hydrogen-bond acceptors (Lipinski definition) is 3. The fraction of sp³-hybridized carbons (Fsp3) is 0.214. The molecule has 38 heavy (non-hydrogen) atoms. The Morgan fingerprint density at radius 2 is 1.68 bits per heavy atom. The van der Waals surface area contributed by atoms with Crippen molar-refractivity contribution in [2.45, 2.75) is 32.4 Å². The molecule has 0 aromatic heterocycles. The largest absolute Gasteiger partial charge is 0.478 e. The first-order chi connectivity index (χ1) is 17.9. The minimum atomic E-state index is -1.37. The van der Waals surface area contributed by atoms with Gasteiger partial charge in [-0.25, -0.2) is 14.0 Å². The van der Waals surface area contributed by atoms with Crippen molar-refractivity contribution in [2.75, 3.05) is 11.9 Å². The summed E-state index contributed by atoms with van der Waals surface area (Å²) in [6.07, 6.45) is 3.51. The van der Waals surface area contributed by atoms with Crippen molar-refractivity contribution in [1.29, 1.82) is 0 Å². The van der Waals surface area contributed by atoms with Crippen LogP contribution in [0.15, 0.2) is 66.7 Å². The average molecular weight is 580 g/mol. The van der Waals surface area contributed by atoms with Crippen LogP contribution in [-0.2, 0) is 4.79 Å². The summed E-state index contributed by atoms with van der Waals surface area (Å²) < 4.78 is 20.2. The molecule has 0 spiro atoms. The number of urea groups is 1. The van der Waals surface area contributed by atoms with Gasteiger partial charge >= 0.3 is 12.0 Å². The van der Waals surface area contributed by atoms with Crippen LogP contribution in [0, 0.1) is 5.82 Å². The van der Waals surface area contributed by atoms with Gasteiger partial charge < -0.3 is 20.1 Å². The highest BCUT2D eigenvalue weighted by Gasteiger charge is 2.29. The van der Waals surface area contributed by atoms with Crippen molar-refractivity contribution in [2.24, 2.45) is 0 Å². The number of halogens is 4. The van der Waals surface area contributed by atoms with Gasteiger partial charge in [-0.1, -0.05) is 71.2 Å². The van der Waals surface area contributed by atoms with Gasteiger partial charge in [0.2, 0.25) is 0 Å². The number of amides is 2. The van der Waals surface area contributed by atoms with Crippen LogP contribution >= 0.6 is 34.8 Å².